The smallest absolute Gasteiger partial charge is 0.338 e. The van der Waals surface area contributed by atoms with E-state index in [0.29, 0.717) is 0 Å². The number of carbonyl (C=O) groups is 1. The summed E-state index contributed by atoms with van der Waals surface area (Å²) in [5.74, 6) is -1.68. The number of nitrogens with two attached hydrogens (primary N) is 1. The number of esters is 1. The van der Waals surface area contributed by atoms with Crippen LogP contribution in [0.2, 0.25) is 0 Å². The van der Waals surface area contributed by atoms with Gasteiger partial charge in [-0.05, 0) is 24.6 Å². The summed E-state index contributed by atoms with van der Waals surface area (Å²) in [6, 6.07) is 1.66. The largest absolute Gasteiger partial charge is 0.465 e. The molecule has 0 unspecified atom stereocenters. The van der Waals surface area contributed by atoms with Gasteiger partial charge in [0.15, 0.2) is 0 Å². The first kappa shape index (κ1) is 12.6. The standard InChI is InChI=1S/C9H10FNO4S/c1-5-7(9(12)15-2)3-6(10)4-8(5)16(11,13)14/h3-4H,1-2H3,(H2,11,13,14). The molecule has 2 N–H and O–H groups in total. The van der Waals surface area contributed by atoms with Crippen LogP contribution in [-0.2, 0) is 14.8 Å². The van der Waals surface area contributed by atoms with Gasteiger partial charge < -0.3 is 4.74 Å². The van der Waals surface area contributed by atoms with Crippen LogP contribution in [-0.4, -0.2) is 21.5 Å². The number of halogens is 1. The molecule has 88 valence electrons. The van der Waals surface area contributed by atoms with E-state index in [9.17, 15) is 17.6 Å². The van der Waals surface area contributed by atoms with Crippen molar-refractivity contribution in [3.05, 3.63) is 29.1 Å². The number of hydrogen-bond donors (Lipinski definition) is 1. The predicted molar refractivity (Wildman–Crippen MR) is 53.8 cm³/mol. The third kappa shape index (κ3) is 2.37. The fraction of sp³-hybridized carbons (Fsp3) is 0.222. The van der Waals surface area contributed by atoms with Crippen molar-refractivity contribution in [1.29, 1.82) is 0 Å². The highest BCUT2D eigenvalue weighted by molar-refractivity contribution is 7.89. The minimum atomic E-state index is -4.07. The molecule has 1 aromatic carbocycles. The lowest BCUT2D eigenvalue weighted by Gasteiger charge is -2.08. The van der Waals surface area contributed by atoms with Gasteiger partial charge in [0, 0.05) is 0 Å². The van der Waals surface area contributed by atoms with Crippen LogP contribution in [0.5, 0.6) is 0 Å². The highest BCUT2D eigenvalue weighted by Crippen LogP contribution is 2.20. The van der Waals surface area contributed by atoms with E-state index in [1.807, 2.05) is 0 Å². The van der Waals surface area contributed by atoms with Crippen molar-refractivity contribution < 1.29 is 22.3 Å². The van der Waals surface area contributed by atoms with Crippen molar-refractivity contribution in [2.24, 2.45) is 5.14 Å². The summed E-state index contributed by atoms with van der Waals surface area (Å²) in [5.41, 5.74) is -0.0951. The second-order valence-corrected chi connectivity index (χ2v) is 4.64. The third-order valence-corrected chi connectivity index (χ3v) is 3.07. The van der Waals surface area contributed by atoms with E-state index in [2.05, 4.69) is 4.74 Å². The monoisotopic (exact) mass is 247 g/mol. The summed E-state index contributed by atoms with van der Waals surface area (Å²) in [7, 11) is -2.95. The highest BCUT2D eigenvalue weighted by atomic mass is 32.2. The average Bonchev–Trinajstić information content (AvgIpc) is 2.18. The Hall–Kier alpha value is -1.47. The van der Waals surface area contributed by atoms with Crippen molar-refractivity contribution >= 4 is 16.0 Å². The van der Waals surface area contributed by atoms with Crippen LogP contribution in [0, 0.1) is 12.7 Å². The van der Waals surface area contributed by atoms with Gasteiger partial charge in [-0.2, -0.15) is 0 Å². The number of ether oxygens (including phenoxy) is 1. The summed E-state index contributed by atoms with van der Waals surface area (Å²) in [5, 5.41) is 4.89. The molecule has 0 aliphatic rings. The zero-order chi connectivity index (χ0) is 12.5. The minimum Gasteiger partial charge on any atom is -0.465 e. The van der Waals surface area contributed by atoms with Crippen LogP contribution in [0.3, 0.4) is 0 Å². The molecule has 5 nitrogen and oxygen atoms in total. The maximum absolute atomic E-state index is 13.1. The SMILES string of the molecule is COC(=O)c1cc(F)cc(S(N)(=O)=O)c1C. The molecular weight excluding hydrogens is 237 g/mol. The first-order chi connectivity index (χ1) is 7.27. The molecule has 0 saturated carbocycles. The van der Waals surface area contributed by atoms with E-state index >= 15 is 0 Å². The molecule has 0 atom stereocenters. The van der Waals surface area contributed by atoms with Crippen molar-refractivity contribution in [1.82, 2.24) is 0 Å². The molecular formula is C9H10FNO4S. The van der Waals surface area contributed by atoms with Gasteiger partial charge in [-0.3, -0.25) is 0 Å². The van der Waals surface area contributed by atoms with Gasteiger partial charge in [0.1, 0.15) is 5.82 Å². The van der Waals surface area contributed by atoms with Gasteiger partial charge in [-0.25, -0.2) is 22.7 Å². The molecule has 1 rings (SSSR count). The first-order valence-electron chi connectivity index (χ1n) is 4.18. The molecule has 0 fully saturated rings. The molecule has 0 amide bonds. The molecule has 0 aliphatic heterocycles. The van der Waals surface area contributed by atoms with E-state index < -0.39 is 26.7 Å². The minimum absolute atomic E-state index is 0.0655. The van der Waals surface area contributed by atoms with E-state index in [0.717, 1.165) is 19.2 Å². The lowest BCUT2D eigenvalue weighted by Crippen LogP contribution is -2.16. The quantitative estimate of drug-likeness (QED) is 0.774. The molecule has 1 aromatic rings. The lowest BCUT2D eigenvalue weighted by molar-refractivity contribution is 0.0599. The number of rotatable bonds is 2. The fourth-order valence-electron chi connectivity index (χ4n) is 1.27. The molecule has 0 aliphatic carbocycles. The number of methoxy groups -OCH3 is 1. The van der Waals surface area contributed by atoms with Gasteiger partial charge in [0.05, 0.1) is 17.6 Å². The highest BCUT2D eigenvalue weighted by Gasteiger charge is 2.20. The van der Waals surface area contributed by atoms with E-state index in [1.165, 1.54) is 6.92 Å². The number of benzene rings is 1. The molecule has 0 bridgehead atoms. The second-order valence-electron chi connectivity index (χ2n) is 3.11. The third-order valence-electron chi connectivity index (χ3n) is 2.04. The number of hydrogen-bond acceptors (Lipinski definition) is 4. The van der Waals surface area contributed by atoms with Gasteiger partial charge in [0.2, 0.25) is 10.0 Å². The molecule has 0 saturated heterocycles. The first-order valence-corrected chi connectivity index (χ1v) is 5.73. The molecule has 0 aromatic heterocycles. The zero-order valence-corrected chi connectivity index (χ0v) is 9.47. The van der Waals surface area contributed by atoms with Crippen LogP contribution in [0.1, 0.15) is 15.9 Å². The Kier molecular flexibility index (Phi) is 3.30. The van der Waals surface area contributed by atoms with E-state index in [4.69, 9.17) is 5.14 Å². The fourth-order valence-corrected chi connectivity index (χ4v) is 2.09. The van der Waals surface area contributed by atoms with Crippen molar-refractivity contribution in [3.8, 4) is 0 Å². The van der Waals surface area contributed by atoms with Gasteiger partial charge in [-0.1, -0.05) is 0 Å². The van der Waals surface area contributed by atoms with Gasteiger partial charge >= 0.3 is 5.97 Å². The molecule has 16 heavy (non-hydrogen) atoms. The Morgan fingerprint density at radius 1 is 1.44 bits per heavy atom. The molecule has 7 heteroatoms. The van der Waals surface area contributed by atoms with E-state index in [-0.39, 0.29) is 11.1 Å². The summed E-state index contributed by atoms with van der Waals surface area (Å²) >= 11 is 0. The maximum atomic E-state index is 13.1. The maximum Gasteiger partial charge on any atom is 0.338 e. The van der Waals surface area contributed by atoms with Crippen LogP contribution in [0.15, 0.2) is 17.0 Å². The van der Waals surface area contributed by atoms with Crippen molar-refractivity contribution in [2.45, 2.75) is 11.8 Å². The zero-order valence-electron chi connectivity index (χ0n) is 8.65. The molecule has 0 heterocycles. The number of carbonyl (C=O) groups excluding carboxylic acids is 1. The van der Waals surface area contributed by atoms with E-state index in [1.54, 1.807) is 0 Å². The Morgan fingerprint density at radius 3 is 2.44 bits per heavy atom. The second kappa shape index (κ2) is 4.18. The number of primary sulfonamides is 1. The normalized spacial score (nSPS) is 11.2. The summed E-state index contributed by atoms with van der Waals surface area (Å²) in [6.07, 6.45) is 0. The Morgan fingerprint density at radius 2 is 2.00 bits per heavy atom. The van der Waals surface area contributed by atoms with Crippen LogP contribution >= 0.6 is 0 Å². The summed E-state index contributed by atoms with van der Waals surface area (Å²) in [6.45, 7) is 1.35. The van der Waals surface area contributed by atoms with Crippen molar-refractivity contribution in [2.75, 3.05) is 7.11 Å². The van der Waals surface area contributed by atoms with Crippen molar-refractivity contribution in [3.63, 3.8) is 0 Å². The topological polar surface area (TPSA) is 86.5 Å². The molecule has 0 spiro atoms. The van der Waals surface area contributed by atoms with Crippen LogP contribution < -0.4 is 5.14 Å². The van der Waals surface area contributed by atoms with Gasteiger partial charge in [0.25, 0.3) is 0 Å². The Balaban J connectivity index is 3.56. The summed E-state index contributed by atoms with van der Waals surface area (Å²) < 4.78 is 39.8. The average molecular weight is 247 g/mol. The van der Waals surface area contributed by atoms with Crippen LogP contribution in [0.4, 0.5) is 4.39 Å². The predicted octanol–water partition coefficient (Wildman–Crippen LogP) is 0.568. The molecule has 0 radical (unpaired) electrons. The Bertz CT molecular complexity index is 539. The van der Waals surface area contributed by atoms with Gasteiger partial charge in [-0.15, -0.1) is 0 Å². The lowest BCUT2D eigenvalue weighted by atomic mass is 10.1. The summed E-state index contributed by atoms with van der Waals surface area (Å²) in [4.78, 5) is 10.8. The van der Waals surface area contributed by atoms with Crippen LogP contribution in [0.25, 0.3) is 0 Å². The number of sulfonamides is 1. The Labute approximate surface area is 92.1 Å².